The summed E-state index contributed by atoms with van der Waals surface area (Å²) < 4.78 is 0. The smallest absolute Gasteiger partial charge is 0.116 e. The van der Waals surface area contributed by atoms with Crippen molar-refractivity contribution >= 4 is 5.69 Å². The van der Waals surface area contributed by atoms with Crippen LogP contribution in [0.15, 0.2) is 18.5 Å². The summed E-state index contributed by atoms with van der Waals surface area (Å²) in [6.07, 6.45) is 1.57. The number of hydrogen-bond acceptors (Lipinski definition) is 3. The van der Waals surface area contributed by atoms with Gasteiger partial charge in [-0.25, -0.2) is 9.97 Å². The zero-order chi connectivity index (χ0) is 12.6. The second-order valence-electron chi connectivity index (χ2n) is 4.50. The van der Waals surface area contributed by atoms with Crippen molar-refractivity contribution in [2.24, 2.45) is 0 Å². The van der Waals surface area contributed by atoms with Crippen LogP contribution in [-0.4, -0.2) is 9.97 Å². The molecule has 1 heterocycles. The Morgan fingerprint density at radius 1 is 0.941 bits per heavy atom. The lowest BCUT2D eigenvalue weighted by molar-refractivity contribution is 1.11. The van der Waals surface area contributed by atoms with Crippen LogP contribution in [0.3, 0.4) is 0 Å². The van der Waals surface area contributed by atoms with E-state index in [-0.39, 0.29) is 0 Å². The lowest BCUT2D eigenvalue weighted by Gasteiger charge is -2.13. The van der Waals surface area contributed by atoms with Crippen LogP contribution >= 0.6 is 0 Å². The fourth-order valence-electron chi connectivity index (χ4n) is 2.24. The summed E-state index contributed by atoms with van der Waals surface area (Å²) in [6, 6.07) is 4.30. The van der Waals surface area contributed by atoms with Gasteiger partial charge in [0, 0.05) is 5.56 Å². The van der Waals surface area contributed by atoms with Crippen molar-refractivity contribution in [2.75, 3.05) is 5.73 Å². The van der Waals surface area contributed by atoms with Gasteiger partial charge in [0.2, 0.25) is 0 Å². The Kier molecular flexibility index (Phi) is 2.84. The standard InChI is InChI=1S/C14H17N3/c1-8-5-9(2)12(10(3)6-8)14-13(15)11(4)16-7-17-14/h5-7H,15H2,1-4H3. The highest BCUT2D eigenvalue weighted by molar-refractivity contribution is 5.78. The quantitative estimate of drug-likeness (QED) is 0.814. The minimum atomic E-state index is 0.669. The average molecular weight is 227 g/mol. The summed E-state index contributed by atoms with van der Waals surface area (Å²) in [6.45, 7) is 8.18. The molecular formula is C14H17N3. The summed E-state index contributed by atoms with van der Waals surface area (Å²) >= 11 is 0. The first-order chi connectivity index (χ1) is 8.00. The van der Waals surface area contributed by atoms with Crippen LogP contribution in [0.4, 0.5) is 5.69 Å². The van der Waals surface area contributed by atoms with Crippen molar-refractivity contribution in [1.29, 1.82) is 0 Å². The summed E-state index contributed by atoms with van der Waals surface area (Å²) in [4.78, 5) is 8.43. The van der Waals surface area contributed by atoms with E-state index in [2.05, 4.69) is 42.9 Å². The van der Waals surface area contributed by atoms with Gasteiger partial charge in [-0.1, -0.05) is 17.7 Å². The van der Waals surface area contributed by atoms with E-state index in [0.717, 1.165) is 17.0 Å². The normalized spacial score (nSPS) is 10.6. The summed E-state index contributed by atoms with van der Waals surface area (Å²) in [5, 5.41) is 0. The molecule has 2 N–H and O–H groups in total. The van der Waals surface area contributed by atoms with Gasteiger partial charge < -0.3 is 5.73 Å². The van der Waals surface area contributed by atoms with E-state index in [4.69, 9.17) is 5.73 Å². The average Bonchev–Trinajstić information content (AvgIpc) is 2.23. The predicted molar refractivity (Wildman–Crippen MR) is 70.8 cm³/mol. The molecule has 1 aromatic heterocycles. The molecule has 0 bridgehead atoms. The molecule has 0 fully saturated rings. The molecule has 1 aromatic carbocycles. The number of nitrogens with two attached hydrogens (primary N) is 1. The summed E-state index contributed by atoms with van der Waals surface area (Å²) in [7, 11) is 0. The van der Waals surface area contributed by atoms with Gasteiger partial charge in [0.25, 0.3) is 0 Å². The molecule has 0 saturated carbocycles. The highest BCUT2D eigenvalue weighted by atomic mass is 14.9. The van der Waals surface area contributed by atoms with Crippen LogP contribution < -0.4 is 5.73 Å². The molecule has 0 amide bonds. The Morgan fingerprint density at radius 2 is 1.53 bits per heavy atom. The van der Waals surface area contributed by atoms with E-state index >= 15 is 0 Å². The van der Waals surface area contributed by atoms with E-state index in [0.29, 0.717) is 5.69 Å². The second-order valence-corrected chi connectivity index (χ2v) is 4.50. The van der Waals surface area contributed by atoms with E-state index in [1.807, 2.05) is 6.92 Å². The molecule has 2 rings (SSSR count). The van der Waals surface area contributed by atoms with Crippen molar-refractivity contribution in [1.82, 2.24) is 9.97 Å². The molecular weight excluding hydrogens is 210 g/mol. The molecule has 0 atom stereocenters. The van der Waals surface area contributed by atoms with E-state index < -0.39 is 0 Å². The summed E-state index contributed by atoms with van der Waals surface area (Å²) in [5.41, 5.74) is 13.2. The van der Waals surface area contributed by atoms with Gasteiger partial charge in [-0.3, -0.25) is 0 Å². The molecule has 0 unspecified atom stereocenters. The molecule has 0 aliphatic heterocycles. The number of hydrogen-bond donors (Lipinski definition) is 1. The van der Waals surface area contributed by atoms with E-state index in [1.54, 1.807) is 6.33 Å². The van der Waals surface area contributed by atoms with Crippen LogP contribution in [0.2, 0.25) is 0 Å². The fourth-order valence-corrected chi connectivity index (χ4v) is 2.24. The topological polar surface area (TPSA) is 51.8 Å². The third-order valence-electron chi connectivity index (χ3n) is 3.00. The lowest BCUT2D eigenvalue weighted by Crippen LogP contribution is -2.01. The van der Waals surface area contributed by atoms with Gasteiger partial charge in [-0.2, -0.15) is 0 Å². The minimum Gasteiger partial charge on any atom is -0.395 e. The number of aromatic nitrogens is 2. The van der Waals surface area contributed by atoms with Gasteiger partial charge in [-0.15, -0.1) is 0 Å². The Labute approximate surface area is 102 Å². The molecule has 88 valence electrons. The van der Waals surface area contributed by atoms with Crippen molar-refractivity contribution in [3.63, 3.8) is 0 Å². The first-order valence-electron chi connectivity index (χ1n) is 5.66. The van der Waals surface area contributed by atoms with Crippen molar-refractivity contribution in [3.05, 3.63) is 40.8 Å². The highest BCUT2D eigenvalue weighted by Crippen LogP contribution is 2.31. The van der Waals surface area contributed by atoms with Crippen LogP contribution in [0.1, 0.15) is 22.4 Å². The Morgan fingerprint density at radius 3 is 2.12 bits per heavy atom. The molecule has 0 radical (unpaired) electrons. The first kappa shape index (κ1) is 11.6. The van der Waals surface area contributed by atoms with Crippen LogP contribution in [0, 0.1) is 27.7 Å². The molecule has 3 heteroatoms. The maximum absolute atomic E-state index is 6.07. The number of nitrogens with zero attached hydrogens (tertiary/aromatic N) is 2. The predicted octanol–water partition coefficient (Wildman–Crippen LogP) is 2.96. The second kappa shape index (κ2) is 4.17. The molecule has 0 aliphatic carbocycles. The van der Waals surface area contributed by atoms with Gasteiger partial charge >= 0.3 is 0 Å². The molecule has 0 aliphatic rings. The number of aryl methyl sites for hydroxylation is 4. The van der Waals surface area contributed by atoms with Crippen molar-refractivity contribution in [2.45, 2.75) is 27.7 Å². The molecule has 3 nitrogen and oxygen atoms in total. The molecule has 17 heavy (non-hydrogen) atoms. The first-order valence-corrected chi connectivity index (χ1v) is 5.66. The number of anilines is 1. The SMILES string of the molecule is Cc1cc(C)c(-c2ncnc(C)c2N)c(C)c1. The number of benzene rings is 1. The largest absolute Gasteiger partial charge is 0.395 e. The number of nitrogen functional groups attached to an aromatic ring is 1. The van der Waals surface area contributed by atoms with Crippen LogP contribution in [-0.2, 0) is 0 Å². The zero-order valence-corrected chi connectivity index (χ0v) is 10.7. The highest BCUT2D eigenvalue weighted by Gasteiger charge is 2.12. The van der Waals surface area contributed by atoms with E-state index in [9.17, 15) is 0 Å². The van der Waals surface area contributed by atoms with Crippen molar-refractivity contribution in [3.8, 4) is 11.3 Å². The van der Waals surface area contributed by atoms with Crippen LogP contribution in [0.5, 0.6) is 0 Å². The Balaban J connectivity index is 2.73. The van der Waals surface area contributed by atoms with Crippen molar-refractivity contribution < 1.29 is 0 Å². The molecule has 2 aromatic rings. The maximum atomic E-state index is 6.07. The third-order valence-corrected chi connectivity index (χ3v) is 3.00. The maximum Gasteiger partial charge on any atom is 0.116 e. The van der Waals surface area contributed by atoms with Gasteiger partial charge in [0.1, 0.15) is 6.33 Å². The van der Waals surface area contributed by atoms with Gasteiger partial charge in [0.05, 0.1) is 17.1 Å². The fraction of sp³-hybridized carbons (Fsp3) is 0.286. The summed E-state index contributed by atoms with van der Waals surface area (Å²) in [5.74, 6) is 0. The Bertz CT molecular complexity index is 551. The molecule has 0 saturated heterocycles. The monoisotopic (exact) mass is 227 g/mol. The Hall–Kier alpha value is -1.90. The van der Waals surface area contributed by atoms with Gasteiger partial charge in [-0.05, 0) is 38.8 Å². The van der Waals surface area contributed by atoms with E-state index in [1.165, 1.54) is 16.7 Å². The third kappa shape index (κ3) is 2.00. The lowest BCUT2D eigenvalue weighted by atomic mass is 9.96. The van der Waals surface area contributed by atoms with Crippen LogP contribution in [0.25, 0.3) is 11.3 Å². The van der Waals surface area contributed by atoms with Gasteiger partial charge in [0.15, 0.2) is 0 Å². The number of rotatable bonds is 1. The molecule has 0 spiro atoms. The zero-order valence-electron chi connectivity index (χ0n) is 10.7. The minimum absolute atomic E-state index is 0.669.